The molecule has 0 aliphatic carbocycles. The lowest BCUT2D eigenvalue weighted by atomic mass is 10.0. The number of hydrogen-bond acceptors (Lipinski definition) is 5. The fraction of sp³-hybridized carbons (Fsp3) is 0.0588. The summed E-state index contributed by atoms with van der Waals surface area (Å²) in [6.45, 7) is 0. The van der Waals surface area contributed by atoms with Crippen molar-refractivity contribution in [3.63, 3.8) is 0 Å². The number of pyridine rings is 2. The van der Waals surface area contributed by atoms with Crippen LogP contribution >= 0.6 is 0 Å². The van der Waals surface area contributed by atoms with Crippen molar-refractivity contribution in [2.24, 2.45) is 0 Å². The SMILES string of the molecule is O=[N+]([O-])c1cccnc1NC(c1ccccc1)c1ccccn1. The maximum absolute atomic E-state index is 11.2. The molecule has 23 heavy (non-hydrogen) atoms. The van der Waals surface area contributed by atoms with Crippen molar-refractivity contribution in [1.82, 2.24) is 9.97 Å². The highest BCUT2D eigenvalue weighted by Crippen LogP contribution is 2.28. The van der Waals surface area contributed by atoms with E-state index in [4.69, 9.17) is 0 Å². The first-order chi connectivity index (χ1) is 11.3. The van der Waals surface area contributed by atoms with Gasteiger partial charge in [0.15, 0.2) is 0 Å². The van der Waals surface area contributed by atoms with Gasteiger partial charge >= 0.3 is 5.69 Å². The van der Waals surface area contributed by atoms with Crippen LogP contribution in [0, 0.1) is 10.1 Å². The summed E-state index contributed by atoms with van der Waals surface area (Å²) in [6.07, 6.45) is 3.22. The van der Waals surface area contributed by atoms with Crippen LogP contribution < -0.4 is 5.32 Å². The molecule has 0 saturated carbocycles. The Morgan fingerprint density at radius 2 is 1.65 bits per heavy atom. The molecule has 6 nitrogen and oxygen atoms in total. The average molecular weight is 306 g/mol. The molecule has 2 heterocycles. The van der Waals surface area contributed by atoms with Gasteiger partial charge in [0.25, 0.3) is 0 Å². The Morgan fingerprint density at radius 3 is 2.35 bits per heavy atom. The minimum Gasteiger partial charge on any atom is -0.352 e. The van der Waals surface area contributed by atoms with Gasteiger partial charge in [-0.2, -0.15) is 0 Å². The Kier molecular flexibility index (Phi) is 4.24. The third-order valence-corrected chi connectivity index (χ3v) is 3.38. The lowest BCUT2D eigenvalue weighted by Crippen LogP contribution is -2.15. The van der Waals surface area contributed by atoms with E-state index in [-0.39, 0.29) is 17.5 Å². The molecule has 0 fully saturated rings. The van der Waals surface area contributed by atoms with E-state index in [2.05, 4.69) is 15.3 Å². The van der Waals surface area contributed by atoms with Crippen LogP contribution in [0.25, 0.3) is 0 Å². The zero-order chi connectivity index (χ0) is 16.1. The van der Waals surface area contributed by atoms with Crippen LogP contribution in [-0.4, -0.2) is 14.9 Å². The maximum Gasteiger partial charge on any atom is 0.311 e. The first kappa shape index (κ1) is 14.6. The number of benzene rings is 1. The van der Waals surface area contributed by atoms with E-state index >= 15 is 0 Å². The first-order valence-electron chi connectivity index (χ1n) is 7.07. The van der Waals surface area contributed by atoms with Crippen molar-refractivity contribution < 1.29 is 4.92 Å². The van der Waals surface area contributed by atoms with Gasteiger partial charge in [-0.25, -0.2) is 4.98 Å². The van der Waals surface area contributed by atoms with E-state index in [1.54, 1.807) is 12.3 Å². The normalized spacial score (nSPS) is 11.7. The van der Waals surface area contributed by atoms with Crippen LogP contribution in [0.15, 0.2) is 73.1 Å². The van der Waals surface area contributed by atoms with E-state index < -0.39 is 4.92 Å². The standard InChI is InChI=1S/C17H14N4O2/c22-21(23)15-10-6-12-19-17(15)20-16(13-7-2-1-3-8-13)14-9-4-5-11-18-14/h1-12,16H,(H,19,20). The van der Waals surface area contributed by atoms with E-state index in [1.807, 2.05) is 48.5 Å². The molecule has 1 N–H and O–H groups in total. The summed E-state index contributed by atoms with van der Waals surface area (Å²) in [4.78, 5) is 19.2. The zero-order valence-electron chi connectivity index (χ0n) is 12.2. The molecule has 0 aliphatic rings. The number of hydrogen-bond donors (Lipinski definition) is 1. The smallest absolute Gasteiger partial charge is 0.311 e. The highest BCUT2D eigenvalue weighted by Gasteiger charge is 2.21. The molecule has 1 unspecified atom stereocenters. The Morgan fingerprint density at radius 1 is 0.913 bits per heavy atom. The van der Waals surface area contributed by atoms with Crippen molar-refractivity contribution in [2.45, 2.75) is 6.04 Å². The summed E-state index contributed by atoms with van der Waals surface area (Å²) in [5.41, 5.74) is 1.65. The lowest BCUT2D eigenvalue weighted by Gasteiger charge is -2.19. The van der Waals surface area contributed by atoms with Gasteiger partial charge in [0.1, 0.15) is 0 Å². The Bertz CT molecular complexity index is 754. The highest BCUT2D eigenvalue weighted by molar-refractivity contribution is 5.57. The first-order valence-corrected chi connectivity index (χ1v) is 7.07. The minimum atomic E-state index is -0.449. The van der Waals surface area contributed by atoms with Gasteiger partial charge in [0.05, 0.1) is 16.7 Å². The summed E-state index contributed by atoms with van der Waals surface area (Å²) in [5.74, 6) is 0.219. The van der Waals surface area contributed by atoms with Gasteiger partial charge in [-0.3, -0.25) is 15.1 Å². The topological polar surface area (TPSA) is 81.0 Å². The monoisotopic (exact) mass is 306 g/mol. The second-order valence-electron chi connectivity index (χ2n) is 4.87. The largest absolute Gasteiger partial charge is 0.352 e. The molecule has 0 saturated heterocycles. The Hall–Kier alpha value is -3.28. The number of nitrogens with one attached hydrogen (secondary N) is 1. The molecular weight excluding hydrogens is 292 g/mol. The van der Waals surface area contributed by atoms with Crippen molar-refractivity contribution in [3.8, 4) is 0 Å². The second-order valence-corrected chi connectivity index (χ2v) is 4.87. The predicted octanol–water partition coefficient (Wildman–Crippen LogP) is 3.59. The molecular formula is C17H14N4O2. The van der Waals surface area contributed by atoms with Crippen molar-refractivity contribution in [2.75, 3.05) is 5.32 Å². The van der Waals surface area contributed by atoms with Crippen molar-refractivity contribution >= 4 is 11.5 Å². The van der Waals surface area contributed by atoms with Crippen LogP contribution in [0.3, 0.4) is 0 Å². The van der Waals surface area contributed by atoms with Gasteiger partial charge in [-0.1, -0.05) is 36.4 Å². The fourth-order valence-corrected chi connectivity index (χ4v) is 2.31. The summed E-state index contributed by atoms with van der Waals surface area (Å²) in [6, 6.07) is 17.9. The van der Waals surface area contributed by atoms with Gasteiger partial charge in [-0.15, -0.1) is 0 Å². The lowest BCUT2D eigenvalue weighted by molar-refractivity contribution is -0.384. The van der Waals surface area contributed by atoms with Gasteiger partial charge < -0.3 is 5.32 Å². The molecule has 1 atom stereocenters. The summed E-state index contributed by atoms with van der Waals surface area (Å²) >= 11 is 0. The molecule has 0 radical (unpaired) electrons. The summed E-state index contributed by atoms with van der Waals surface area (Å²) in [7, 11) is 0. The number of nitro groups is 1. The number of rotatable bonds is 5. The molecule has 0 aliphatic heterocycles. The van der Waals surface area contributed by atoms with E-state index in [1.165, 1.54) is 12.3 Å². The molecule has 6 heteroatoms. The Balaban J connectivity index is 2.02. The third kappa shape index (κ3) is 3.32. The van der Waals surface area contributed by atoms with Crippen LogP contribution in [0.2, 0.25) is 0 Å². The predicted molar refractivity (Wildman–Crippen MR) is 87.0 cm³/mol. The zero-order valence-corrected chi connectivity index (χ0v) is 12.2. The number of nitrogens with zero attached hydrogens (tertiary/aromatic N) is 3. The van der Waals surface area contributed by atoms with E-state index in [0.29, 0.717) is 0 Å². The van der Waals surface area contributed by atoms with Gasteiger partial charge in [-0.05, 0) is 23.8 Å². The number of aromatic nitrogens is 2. The minimum absolute atomic E-state index is 0.0654. The number of anilines is 1. The highest BCUT2D eigenvalue weighted by atomic mass is 16.6. The average Bonchev–Trinajstić information content (AvgIpc) is 2.61. The van der Waals surface area contributed by atoms with Crippen molar-refractivity contribution in [1.29, 1.82) is 0 Å². The van der Waals surface area contributed by atoms with Crippen LogP contribution in [-0.2, 0) is 0 Å². The molecule has 0 spiro atoms. The van der Waals surface area contributed by atoms with E-state index in [9.17, 15) is 10.1 Å². The summed E-state index contributed by atoms with van der Waals surface area (Å²) < 4.78 is 0. The third-order valence-electron chi connectivity index (χ3n) is 3.38. The molecule has 2 aromatic heterocycles. The molecule has 114 valence electrons. The van der Waals surface area contributed by atoms with Crippen LogP contribution in [0.5, 0.6) is 0 Å². The second kappa shape index (κ2) is 6.65. The molecule has 0 amide bonds. The molecule has 1 aromatic carbocycles. The van der Waals surface area contributed by atoms with E-state index in [0.717, 1.165) is 11.3 Å². The van der Waals surface area contributed by atoms with Crippen molar-refractivity contribution in [3.05, 3.63) is 94.4 Å². The maximum atomic E-state index is 11.2. The summed E-state index contributed by atoms with van der Waals surface area (Å²) in [5, 5.41) is 14.3. The van der Waals surface area contributed by atoms with Crippen LogP contribution in [0.1, 0.15) is 17.3 Å². The quantitative estimate of drug-likeness (QED) is 0.575. The van der Waals surface area contributed by atoms with Gasteiger partial charge in [0.2, 0.25) is 5.82 Å². The molecule has 3 rings (SSSR count). The van der Waals surface area contributed by atoms with Gasteiger partial charge in [0, 0.05) is 18.5 Å². The molecule has 0 bridgehead atoms. The fourth-order valence-electron chi connectivity index (χ4n) is 2.31. The molecule has 3 aromatic rings. The van der Waals surface area contributed by atoms with Crippen LogP contribution in [0.4, 0.5) is 11.5 Å². The Labute approximate surface area is 133 Å².